The Hall–Kier alpha value is -2.84. The minimum Gasteiger partial charge on any atom is -0.340 e. The quantitative estimate of drug-likeness (QED) is 0.501. The van der Waals surface area contributed by atoms with Gasteiger partial charge in [-0.25, -0.2) is 0 Å². The van der Waals surface area contributed by atoms with Gasteiger partial charge in [0.2, 0.25) is 5.89 Å². The third kappa shape index (κ3) is 4.87. The van der Waals surface area contributed by atoms with Crippen LogP contribution in [0.4, 0.5) is 0 Å². The highest BCUT2D eigenvalue weighted by atomic mass is 35.5. The highest BCUT2D eigenvalue weighted by Gasteiger charge is 2.15. The van der Waals surface area contributed by atoms with Crippen molar-refractivity contribution in [2.45, 2.75) is 17.6 Å². The van der Waals surface area contributed by atoms with Gasteiger partial charge in [-0.2, -0.15) is 4.98 Å². The van der Waals surface area contributed by atoms with Gasteiger partial charge in [0, 0.05) is 11.8 Å². The second-order valence-electron chi connectivity index (χ2n) is 5.40. The molecule has 0 unspecified atom stereocenters. The number of amides is 2. The van der Waals surface area contributed by atoms with E-state index in [0.29, 0.717) is 28.1 Å². The number of nitrogens with zero attached hydrogens (tertiary/aromatic N) is 2. The molecule has 0 fully saturated rings. The number of aryl methyl sites for hydroxylation is 1. The highest BCUT2D eigenvalue weighted by molar-refractivity contribution is 7.98. The topological polar surface area (TPSA) is 97.1 Å². The van der Waals surface area contributed by atoms with E-state index in [1.165, 1.54) is 11.8 Å². The first-order valence-corrected chi connectivity index (χ1v) is 9.27. The molecule has 0 aliphatic heterocycles. The Bertz CT molecular complexity index is 977. The lowest BCUT2D eigenvalue weighted by Crippen LogP contribution is -2.41. The predicted octanol–water partition coefficient (Wildman–Crippen LogP) is 3.40. The number of benzene rings is 2. The molecule has 1 heterocycles. The second-order valence-corrected chi connectivity index (χ2v) is 6.83. The van der Waals surface area contributed by atoms with E-state index in [0.717, 1.165) is 4.90 Å². The fourth-order valence-electron chi connectivity index (χ4n) is 2.22. The molecule has 2 aromatic carbocycles. The number of halogens is 1. The van der Waals surface area contributed by atoms with Crippen LogP contribution in [0.15, 0.2) is 57.9 Å². The van der Waals surface area contributed by atoms with E-state index in [-0.39, 0.29) is 5.56 Å². The number of aromatic nitrogens is 2. The number of carbonyl (C=O) groups excluding carboxylic acids is 2. The summed E-state index contributed by atoms with van der Waals surface area (Å²) in [5.74, 6) is 0.538. The number of nitrogens with one attached hydrogen (secondary N) is 2. The monoisotopic (exact) mass is 402 g/mol. The zero-order valence-electron chi connectivity index (χ0n) is 14.2. The van der Waals surface area contributed by atoms with E-state index in [4.69, 9.17) is 16.1 Å². The maximum absolute atomic E-state index is 12.5. The minimum absolute atomic E-state index is 0.273. The molecule has 2 amide bonds. The van der Waals surface area contributed by atoms with Crippen molar-refractivity contribution in [2.75, 3.05) is 0 Å². The molecule has 0 atom stereocenters. The van der Waals surface area contributed by atoms with Crippen LogP contribution in [0.25, 0.3) is 0 Å². The summed E-state index contributed by atoms with van der Waals surface area (Å²) < 4.78 is 4.94. The van der Waals surface area contributed by atoms with Crippen molar-refractivity contribution in [3.05, 3.63) is 76.4 Å². The molecule has 0 aliphatic carbocycles. The number of hydrogen-bond acceptors (Lipinski definition) is 6. The molecule has 3 aromatic rings. The summed E-state index contributed by atoms with van der Waals surface area (Å²) in [6.45, 7) is 1.71. The van der Waals surface area contributed by atoms with Crippen molar-refractivity contribution in [3.8, 4) is 0 Å². The van der Waals surface area contributed by atoms with E-state index >= 15 is 0 Å². The van der Waals surface area contributed by atoms with Crippen molar-refractivity contribution < 1.29 is 14.1 Å². The summed E-state index contributed by atoms with van der Waals surface area (Å²) in [4.78, 5) is 29.5. The average Bonchev–Trinajstić information content (AvgIpc) is 3.10. The summed E-state index contributed by atoms with van der Waals surface area (Å²) >= 11 is 7.38. The van der Waals surface area contributed by atoms with Gasteiger partial charge in [0.15, 0.2) is 5.82 Å². The maximum atomic E-state index is 12.5. The first-order valence-electron chi connectivity index (χ1n) is 7.91. The van der Waals surface area contributed by atoms with Crippen molar-refractivity contribution in [1.29, 1.82) is 0 Å². The Balaban J connectivity index is 1.64. The standard InChI is InChI=1S/C18H15ClN4O3S/c1-11-20-16(23-26-11)10-27-15-9-5-3-7-13(15)18(25)22-21-17(24)12-6-2-4-8-14(12)19/h2-9H,10H2,1H3,(H,21,24)(H,22,25). The number of thioether (sulfide) groups is 1. The van der Waals surface area contributed by atoms with Crippen LogP contribution < -0.4 is 10.9 Å². The van der Waals surface area contributed by atoms with Gasteiger partial charge >= 0.3 is 0 Å². The lowest BCUT2D eigenvalue weighted by Gasteiger charge is -2.11. The fourth-order valence-corrected chi connectivity index (χ4v) is 3.33. The second kappa shape index (κ2) is 8.70. The van der Waals surface area contributed by atoms with E-state index in [9.17, 15) is 9.59 Å². The zero-order chi connectivity index (χ0) is 19.2. The predicted molar refractivity (Wildman–Crippen MR) is 101 cm³/mol. The normalized spacial score (nSPS) is 10.4. The average molecular weight is 403 g/mol. The highest BCUT2D eigenvalue weighted by Crippen LogP contribution is 2.25. The lowest BCUT2D eigenvalue weighted by molar-refractivity contribution is 0.0845. The van der Waals surface area contributed by atoms with Gasteiger partial charge in [-0.15, -0.1) is 11.8 Å². The summed E-state index contributed by atoms with van der Waals surface area (Å²) in [7, 11) is 0. The molecule has 27 heavy (non-hydrogen) atoms. The van der Waals surface area contributed by atoms with Crippen molar-refractivity contribution in [2.24, 2.45) is 0 Å². The molecule has 9 heteroatoms. The van der Waals surface area contributed by atoms with E-state index in [2.05, 4.69) is 21.0 Å². The van der Waals surface area contributed by atoms with Gasteiger partial charge < -0.3 is 4.52 Å². The van der Waals surface area contributed by atoms with Crippen LogP contribution in [0.1, 0.15) is 32.4 Å². The van der Waals surface area contributed by atoms with Crippen LogP contribution >= 0.6 is 23.4 Å². The number of hydrazine groups is 1. The third-order valence-corrected chi connectivity index (χ3v) is 4.87. The van der Waals surface area contributed by atoms with Gasteiger partial charge in [0.25, 0.3) is 11.8 Å². The van der Waals surface area contributed by atoms with E-state index in [1.54, 1.807) is 43.3 Å². The number of carbonyl (C=O) groups is 2. The van der Waals surface area contributed by atoms with Crippen LogP contribution in [0.5, 0.6) is 0 Å². The van der Waals surface area contributed by atoms with Crippen LogP contribution in [-0.4, -0.2) is 22.0 Å². The molecule has 0 aliphatic rings. The van der Waals surface area contributed by atoms with E-state index in [1.807, 2.05) is 12.1 Å². The van der Waals surface area contributed by atoms with Crippen LogP contribution in [0.3, 0.4) is 0 Å². The Morgan fingerprint density at radius 3 is 2.33 bits per heavy atom. The molecule has 0 saturated heterocycles. The van der Waals surface area contributed by atoms with Crippen LogP contribution in [-0.2, 0) is 5.75 Å². The molecule has 138 valence electrons. The lowest BCUT2D eigenvalue weighted by atomic mass is 10.2. The molecule has 0 bridgehead atoms. The smallest absolute Gasteiger partial charge is 0.271 e. The Labute approximate surface area is 164 Å². The minimum atomic E-state index is -0.499. The summed E-state index contributed by atoms with van der Waals surface area (Å²) in [6.07, 6.45) is 0. The van der Waals surface area contributed by atoms with E-state index < -0.39 is 11.8 Å². The number of hydrogen-bond donors (Lipinski definition) is 2. The maximum Gasteiger partial charge on any atom is 0.271 e. The van der Waals surface area contributed by atoms with Crippen molar-refractivity contribution in [3.63, 3.8) is 0 Å². The van der Waals surface area contributed by atoms with Gasteiger partial charge in [-0.05, 0) is 24.3 Å². The zero-order valence-corrected chi connectivity index (χ0v) is 15.8. The largest absolute Gasteiger partial charge is 0.340 e. The Kier molecular flexibility index (Phi) is 6.10. The van der Waals surface area contributed by atoms with Gasteiger partial charge in [-0.3, -0.25) is 20.4 Å². The Morgan fingerprint density at radius 1 is 1.04 bits per heavy atom. The molecule has 0 saturated carbocycles. The molecule has 0 radical (unpaired) electrons. The van der Waals surface area contributed by atoms with Gasteiger partial charge in [-0.1, -0.05) is 41.0 Å². The fraction of sp³-hybridized carbons (Fsp3) is 0.111. The molecular formula is C18H15ClN4O3S. The van der Waals surface area contributed by atoms with Crippen LogP contribution in [0, 0.1) is 6.92 Å². The number of rotatable bonds is 5. The summed E-state index contributed by atoms with van der Waals surface area (Å²) in [5, 5.41) is 4.13. The van der Waals surface area contributed by atoms with Gasteiger partial charge in [0.05, 0.1) is 21.9 Å². The SMILES string of the molecule is Cc1nc(CSc2ccccc2C(=O)NNC(=O)c2ccccc2Cl)no1. The van der Waals surface area contributed by atoms with Crippen LogP contribution in [0.2, 0.25) is 5.02 Å². The molecule has 7 nitrogen and oxygen atoms in total. The Morgan fingerprint density at radius 2 is 1.67 bits per heavy atom. The summed E-state index contributed by atoms with van der Waals surface area (Å²) in [6, 6.07) is 13.6. The summed E-state index contributed by atoms with van der Waals surface area (Å²) in [5.41, 5.74) is 5.47. The van der Waals surface area contributed by atoms with Gasteiger partial charge in [0.1, 0.15) is 0 Å². The van der Waals surface area contributed by atoms with Crippen molar-refractivity contribution >= 4 is 35.2 Å². The first kappa shape index (κ1) is 18.9. The third-order valence-electron chi connectivity index (χ3n) is 3.47. The van der Waals surface area contributed by atoms with Crippen molar-refractivity contribution in [1.82, 2.24) is 21.0 Å². The molecular weight excluding hydrogens is 388 g/mol. The molecule has 0 spiro atoms. The molecule has 2 N–H and O–H groups in total. The molecule has 1 aromatic heterocycles. The molecule has 3 rings (SSSR count). The first-order chi connectivity index (χ1) is 13.0.